The minimum absolute atomic E-state index is 0.113. The van der Waals surface area contributed by atoms with Crippen molar-refractivity contribution in [2.75, 3.05) is 32.9 Å². The van der Waals surface area contributed by atoms with Crippen LogP contribution in [0.3, 0.4) is 0 Å². The fourth-order valence-corrected chi connectivity index (χ4v) is 5.72. The van der Waals surface area contributed by atoms with Gasteiger partial charge in [-0.05, 0) is 32.8 Å². The molecular formula is C19H31N3O4Si. The zero-order valence-electron chi connectivity index (χ0n) is 16.5. The Bertz CT molecular complexity index is 583. The predicted octanol–water partition coefficient (Wildman–Crippen LogP) is 3.22. The molecule has 0 fully saturated rings. The molecule has 2 amide bonds. The van der Waals surface area contributed by atoms with Crippen molar-refractivity contribution in [2.45, 2.75) is 39.4 Å². The van der Waals surface area contributed by atoms with Gasteiger partial charge in [-0.3, -0.25) is 9.89 Å². The Morgan fingerprint density at radius 2 is 1.78 bits per heavy atom. The number of amides is 2. The highest BCUT2D eigenvalue weighted by Gasteiger charge is 2.39. The molecule has 7 nitrogen and oxygen atoms in total. The third-order valence-electron chi connectivity index (χ3n) is 4.21. The molecule has 0 bridgehead atoms. The molecule has 2 rings (SSSR count). The summed E-state index contributed by atoms with van der Waals surface area (Å²) >= 11 is 0. The number of hydrogen-bond acceptors (Lipinski definition) is 5. The van der Waals surface area contributed by atoms with Gasteiger partial charge in [0.2, 0.25) is 0 Å². The Kier molecular flexibility index (Phi) is 8.93. The van der Waals surface area contributed by atoms with E-state index in [1.165, 1.54) is 0 Å². The van der Waals surface area contributed by atoms with Gasteiger partial charge < -0.3 is 18.6 Å². The molecule has 0 spiro atoms. The summed E-state index contributed by atoms with van der Waals surface area (Å²) in [5.41, 5.74) is 1.01. The van der Waals surface area contributed by atoms with E-state index in [0.717, 1.165) is 12.0 Å². The molecule has 1 unspecified atom stereocenters. The van der Waals surface area contributed by atoms with Gasteiger partial charge >= 0.3 is 14.8 Å². The van der Waals surface area contributed by atoms with Crippen molar-refractivity contribution in [2.24, 2.45) is 4.99 Å². The molecule has 1 aromatic carbocycles. The van der Waals surface area contributed by atoms with E-state index in [-0.39, 0.29) is 12.2 Å². The Morgan fingerprint density at radius 1 is 1.15 bits per heavy atom. The number of nitrogens with one attached hydrogen (secondary N) is 1. The summed E-state index contributed by atoms with van der Waals surface area (Å²) in [5, 5.41) is 2.99. The van der Waals surface area contributed by atoms with Crippen molar-refractivity contribution in [1.29, 1.82) is 0 Å². The van der Waals surface area contributed by atoms with Gasteiger partial charge in [0, 0.05) is 38.6 Å². The summed E-state index contributed by atoms with van der Waals surface area (Å²) in [4.78, 5) is 18.7. The highest BCUT2D eigenvalue weighted by Crippen LogP contribution is 2.25. The Morgan fingerprint density at radius 3 is 2.37 bits per heavy atom. The SMILES string of the molecule is CCO[Si](CCCNC(=O)N1CC=NC1c1ccccc1)(OCC)OCC. The average Bonchev–Trinajstić information content (AvgIpc) is 3.16. The predicted molar refractivity (Wildman–Crippen MR) is 108 cm³/mol. The van der Waals surface area contributed by atoms with Crippen LogP contribution in [0.1, 0.15) is 38.9 Å². The fraction of sp³-hybridized carbons (Fsp3) is 0.579. The van der Waals surface area contributed by atoms with Gasteiger partial charge in [0.25, 0.3) is 0 Å². The number of carbonyl (C=O) groups excluding carboxylic acids is 1. The van der Waals surface area contributed by atoms with Gasteiger partial charge in [-0.15, -0.1) is 0 Å². The van der Waals surface area contributed by atoms with E-state index < -0.39 is 8.80 Å². The number of urea groups is 1. The quantitative estimate of drug-likeness (QED) is 0.463. The third kappa shape index (κ3) is 6.13. The molecule has 0 saturated heterocycles. The number of hydrogen-bond donors (Lipinski definition) is 1. The Labute approximate surface area is 163 Å². The van der Waals surface area contributed by atoms with Crippen LogP contribution in [-0.4, -0.2) is 58.9 Å². The summed E-state index contributed by atoms with van der Waals surface area (Å²) in [6.07, 6.45) is 2.27. The minimum atomic E-state index is -2.65. The molecule has 1 atom stereocenters. The molecule has 150 valence electrons. The number of nitrogens with zero attached hydrogens (tertiary/aromatic N) is 2. The first-order valence-electron chi connectivity index (χ1n) is 9.68. The van der Waals surface area contributed by atoms with Crippen molar-refractivity contribution in [3.63, 3.8) is 0 Å². The van der Waals surface area contributed by atoms with Crippen LogP contribution in [0.4, 0.5) is 4.79 Å². The maximum atomic E-state index is 12.6. The summed E-state index contributed by atoms with van der Waals surface area (Å²) in [7, 11) is -2.65. The lowest BCUT2D eigenvalue weighted by Crippen LogP contribution is -2.47. The first-order valence-corrected chi connectivity index (χ1v) is 11.6. The van der Waals surface area contributed by atoms with E-state index in [2.05, 4.69) is 10.3 Å². The van der Waals surface area contributed by atoms with E-state index >= 15 is 0 Å². The smallest absolute Gasteiger partial charge is 0.374 e. The Balaban J connectivity index is 1.84. The van der Waals surface area contributed by atoms with E-state index in [1.807, 2.05) is 51.1 Å². The largest absolute Gasteiger partial charge is 0.500 e. The van der Waals surface area contributed by atoms with Crippen LogP contribution in [0.15, 0.2) is 35.3 Å². The van der Waals surface area contributed by atoms with Gasteiger partial charge in [0.1, 0.15) is 0 Å². The van der Waals surface area contributed by atoms with Gasteiger partial charge in [-0.2, -0.15) is 0 Å². The van der Waals surface area contributed by atoms with Gasteiger partial charge in [0.15, 0.2) is 6.17 Å². The van der Waals surface area contributed by atoms with Crippen molar-refractivity contribution < 1.29 is 18.1 Å². The maximum Gasteiger partial charge on any atom is 0.500 e. The van der Waals surface area contributed by atoms with Crippen molar-refractivity contribution in [1.82, 2.24) is 10.2 Å². The molecule has 27 heavy (non-hydrogen) atoms. The number of aliphatic imine (C=N–C) groups is 1. The van der Waals surface area contributed by atoms with Crippen molar-refractivity contribution >= 4 is 21.1 Å². The molecule has 0 aliphatic carbocycles. The van der Waals surface area contributed by atoms with Crippen LogP contribution in [0.5, 0.6) is 0 Å². The second-order valence-electron chi connectivity index (χ2n) is 6.09. The average molecular weight is 394 g/mol. The molecule has 0 radical (unpaired) electrons. The van der Waals surface area contributed by atoms with Crippen LogP contribution in [-0.2, 0) is 13.3 Å². The fourth-order valence-electron chi connectivity index (χ4n) is 3.10. The first kappa shape index (κ1) is 21.6. The van der Waals surface area contributed by atoms with E-state index in [4.69, 9.17) is 13.3 Å². The number of rotatable bonds is 11. The highest BCUT2D eigenvalue weighted by molar-refractivity contribution is 6.60. The standard InChI is InChI=1S/C19H31N3O4Si/c1-4-24-27(25-5-2,26-6-3)16-10-13-21-19(23)22-15-14-20-18(22)17-11-8-7-9-12-17/h7-9,11-12,14,18H,4-6,10,13,15-16H2,1-3H3,(H,21,23). The second-order valence-corrected chi connectivity index (χ2v) is 8.82. The lowest BCUT2D eigenvalue weighted by atomic mass is 10.2. The Hall–Kier alpha value is -1.74. The molecule has 1 heterocycles. The molecule has 8 heteroatoms. The van der Waals surface area contributed by atoms with Crippen LogP contribution >= 0.6 is 0 Å². The van der Waals surface area contributed by atoms with Crippen LogP contribution in [0.2, 0.25) is 6.04 Å². The zero-order valence-corrected chi connectivity index (χ0v) is 17.5. The molecular weight excluding hydrogens is 362 g/mol. The van der Waals surface area contributed by atoms with Crippen molar-refractivity contribution in [3.8, 4) is 0 Å². The monoisotopic (exact) mass is 393 g/mol. The van der Waals surface area contributed by atoms with E-state index in [9.17, 15) is 4.79 Å². The second kappa shape index (κ2) is 11.2. The topological polar surface area (TPSA) is 72.4 Å². The molecule has 1 N–H and O–H groups in total. The summed E-state index contributed by atoms with van der Waals surface area (Å²) in [5.74, 6) is 0. The molecule has 1 aliphatic heterocycles. The van der Waals surface area contributed by atoms with Gasteiger partial charge in [-0.25, -0.2) is 4.79 Å². The normalized spacial score (nSPS) is 16.7. The third-order valence-corrected chi connectivity index (χ3v) is 7.36. The summed E-state index contributed by atoms with van der Waals surface area (Å²) < 4.78 is 17.5. The van der Waals surface area contributed by atoms with E-state index in [1.54, 1.807) is 11.1 Å². The summed E-state index contributed by atoms with van der Waals surface area (Å²) in [6.45, 7) is 8.56. The minimum Gasteiger partial charge on any atom is -0.374 e. The van der Waals surface area contributed by atoms with Gasteiger partial charge in [-0.1, -0.05) is 30.3 Å². The maximum absolute atomic E-state index is 12.6. The molecule has 0 saturated carbocycles. The molecule has 0 aromatic heterocycles. The molecule has 1 aromatic rings. The molecule has 1 aliphatic rings. The summed E-state index contributed by atoms with van der Waals surface area (Å²) in [6, 6.07) is 10.4. The van der Waals surface area contributed by atoms with Crippen LogP contribution in [0, 0.1) is 0 Å². The van der Waals surface area contributed by atoms with Crippen LogP contribution in [0.25, 0.3) is 0 Å². The number of carbonyl (C=O) groups is 1. The first-order chi connectivity index (χ1) is 13.2. The highest BCUT2D eigenvalue weighted by atomic mass is 28.4. The van der Waals surface area contributed by atoms with Crippen molar-refractivity contribution in [3.05, 3.63) is 35.9 Å². The van der Waals surface area contributed by atoms with Crippen LogP contribution < -0.4 is 5.32 Å². The zero-order chi connectivity index (χ0) is 19.5. The number of benzene rings is 1. The lowest BCUT2D eigenvalue weighted by molar-refractivity contribution is 0.0708. The lowest BCUT2D eigenvalue weighted by Gasteiger charge is -2.28. The van der Waals surface area contributed by atoms with E-state index in [0.29, 0.717) is 39.0 Å². The van der Waals surface area contributed by atoms with Gasteiger partial charge in [0.05, 0.1) is 6.54 Å².